The molecule has 49 heavy (non-hydrogen) atoms. The minimum absolute atomic E-state index is 0.0164. The number of piperidine rings is 1. The first-order valence-corrected chi connectivity index (χ1v) is 16.6. The van der Waals surface area contributed by atoms with E-state index in [4.69, 9.17) is 11.6 Å². The molecule has 256 valence electrons. The number of hydrogen-bond donors (Lipinski definition) is 5. The van der Waals surface area contributed by atoms with Crippen molar-refractivity contribution in [1.29, 1.82) is 0 Å². The number of nitrogens with zero attached hydrogens (tertiary/aromatic N) is 4. The van der Waals surface area contributed by atoms with Crippen LogP contribution in [0.15, 0.2) is 65.7 Å². The van der Waals surface area contributed by atoms with Crippen LogP contribution in [-0.4, -0.2) is 75.3 Å². The molecule has 0 unspecified atom stereocenters. The summed E-state index contributed by atoms with van der Waals surface area (Å²) in [5.74, 6) is -0.905. The average molecular weight is 687 g/mol. The number of anilines is 2. The summed E-state index contributed by atoms with van der Waals surface area (Å²) in [6.45, 7) is 7.56. The van der Waals surface area contributed by atoms with Crippen molar-refractivity contribution in [3.63, 3.8) is 0 Å². The first-order chi connectivity index (χ1) is 23.7. The fourth-order valence-corrected chi connectivity index (χ4v) is 5.79. The maximum atomic E-state index is 13.3. The van der Waals surface area contributed by atoms with E-state index in [1.165, 1.54) is 36.2 Å². The first-order valence-electron chi connectivity index (χ1n) is 16.2. The van der Waals surface area contributed by atoms with Gasteiger partial charge in [-0.3, -0.25) is 19.4 Å². The molecule has 5 N–H and O–H groups in total. The van der Waals surface area contributed by atoms with Crippen molar-refractivity contribution in [2.45, 2.75) is 39.7 Å². The van der Waals surface area contributed by atoms with Gasteiger partial charge in [0.2, 0.25) is 0 Å². The molecule has 3 heterocycles. The normalized spacial score (nSPS) is 13.0. The van der Waals surface area contributed by atoms with E-state index >= 15 is 0 Å². The third kappa shape index (κ3) is 8.80. The number of amides is 4. The molecule has 1 saturated heterocycles. The molecule has 0 radical (unpaired) electrons. The van der Waals surface area contributed by atoms with Crippen LogP contribution in [0.4, 0.5) is 16.2 Å². The maximum absolute atomic E-state index is 13.3. The largest absolute Gasteiger partial charge is 0.504 e. The number of rotatable bonds is 11. The highest BCUT2D eigenvalue weighted by atomic mass is 35.5. The molecule has 0 saturated carbocycles. The molecule has 2 aromatic heterocycles. The van der Waals surface area contributed by atoms with Gasteiger partial charge in [0.05, 0.1) is 16.9 Å². The van der Waals surface area contributed by atoms with E-state index in [1.54, 1.807) is 37.3 Å². The Bertz CT molecular complexity index is 1890. The predicted molar refractivity (Wildman–Crippen MR) is 189 cm³/mol. The van der Waals surface area contributed by atoms with Crippen molar-refractivity contribution in [2.24, 2.45) is 0 Å². The standard InChI is InChI=1S/C35H39ClN8O5/c1-3-38-32(46)25-16-24(17-26(18-25)33(47)39-11-14-43-12-6-5-7-13-43)22-9-8-10-23(15-22)28-19-29(34(48)44(4-2)42-28)40-35(49)41-31-27(36)20-37-21-30(31)45/h8-10,15-21,45H,3-7,11-14H2,1-2H3,(H,38,46)(H,39,47)(H2,37,40,41,49). The highest BCUT2D eigenvalue weighted by Crippen LogP contribution is 2.30. The second kappa shape index (κ2) is 16.2. The number of benzene rings is 2. The van der Waals surface area contributed by atoms with Gasteiger partial charge >= 0.3 is 6.03 Å². The quantitative estimate of drug-likeness (QED) is 0.147. The van der Waals surface area contributed by atoms with Crippen molar-refractivity contribution in [3.05, 3.63) is 87.4 Å². The average Bonchev–Trinajstić information content (AvgIpc) is 3.11. The summed E-state index contributed by atoms with van der Waals surface area (Å²) in [6, 6.07) is 13.0. The number of pyridine rings is 1. The zero-order valence-corrected chi connectivity index (χ0v) is 28.1. The van der Waals surface area contributed by atoms with Crippen LogP contribution < -0.4 is 26.8 Å². The van der Waals surface area contributed by atoms with Crippen LogP contribution >= 0.6 is 11.6 Å². The Balaban J connectivity index is 1.43. The number of likely N-dealkylation sites (tertiary alicyclic amines) is 1. The van der Waals surface area contributed by atoms with Crippen LogP contribution in [0.1, 0.15) is 53.8 Å². The van der Waals surface area contributed by atoms with Gasteiger partial charge in [-0.25, -0.2) is 9.48 Å². The van der Waals surface area contributed by atoms with E-state index in [0.29, 0.717) is 46.6 Å². The topological polar surface area (TPSA) is 171 Å². The van der Waals surface area contributed by atoms with Gasteiger partial charge in [0, 0.05) is 49.1 Å². The Kier molecular flexibility index (Phi) is 11.6. The van der Waals surface area contributed by atoms with Gasteiger partial charge in [0.25, 0.3) is 17.4 Å². The third-order valence-electron chi connectivity index (χ3n) is 8.09. The van der Waals surface area contributed by atoms with Gasteiger partial charge in [0.15, 0.2) is 5.75 Å². The zero-order valence-electron chi connectivity index (χ0n) is 27.4. The molecule has 0 aliphatic carbocycles. The zero-order chi connectivity index (χ0) is 34.9. The molecule has 14 heteroatoms. The summed E-state index contributed by atoms with van der Waals surface area (Å²) in [5, 5.41) is 25.3. The van der Waals surface area contributed by atoms with Gasteiger partial charge in [-0.15, -0.1) is 0 Å². The van der Waals surface area contributed by atoms with Crippen LogP contribution in [0.2, 0.25) is 5.02 Å². The number of aromatic nitrogens is 3. The Morgan fingerprint density at radius 2 is 1.59 bits per heavy atom. The molecule has 0 bridgehead atoms. The fourth-order valence-electron chi connectivity index (χ4n) is 5.59. The number of halogens is 1. The molecule has 1 aliphatic heterocycles. The number of hydrogen-bond acceptors (Lipinski definition) is 8. The molecule has 5 rings (SSSR count). The van der Waals surface area contributed by atoms with Crippen molar-refractivity contribution in [1.82, 2.24) is 30.3 Å². The second-order valence-corrected chi connectivity index (χ2v) is 12.0. The maximum Gasteiger partial charge on any atom is 0.323 e. The van der Waals surface area contributed by atoms with E-state index in [1.807, 2.05) is 19.1 Å². The highest BCUT2D eigenvalue weighted by molar-refractivity contribution is 6.34. The number of aryl methyl sites for hydroxylation is 1. The SMILES string of the molecule is CCNC(=O)c1cc(C(=O)NCCN2CCCCC2)cc(-c2cccc(-c3cc(NC(=O)Nc4c(O)cncc4Cl)c(=O)n(CC)n3)c2)c1. The lowest BCUT2D eigenvalue weighted by Crippen LogP contribution is -2.37. The smallest absolute Gasteiger partial charge is 0.323 e. The minimum Gasteiger partial charge on any atom is -0.504 e. The molecule has 13 nitrogen and oxygen atoms in total. The molecule has 1 fully saturated rings. The monoisotopic (exact) mass is 686 g/mol. The van der Waals surface area contributed by atoms with E-state index in [9.17, 15) is 24.3 Å². The number of carbonyl (C=O) groups excluding carboxylic acids is 3. The van der Waals surface area contributed by atoms with Gasteiger partial charge in [-0.2, -0.15) is 5.10 Å². The lowest BCUT2D eigenvalue weighted by atomic mass is 9.97. The number of nitrogens with one attached hydrogen (secondary N) is 4. The fraction of sp³-hybridized carbons (Fsp3) is 0.314. The number of urea groups is 1. The summed E-state index contributed by atoms with van der Waals surface area (Å²) in [7, 11) is 0. The van der Waals surface area contributed by atoms with Gasteiger partial charge in [0.1, 0.15) is 11.4 Å². The molecule has 2 aromatic carbocycles. The van der Waals surface area contributed by atoms with Crippen LogP contribution in [0.3, 0.4) is 0 Å². The Labute approximate surface area is 288 Å². The van der Waals surface area contributed by atoms with Crippen LogP contribution in [-0.2, 0) is 6.54 Å². The summed E-state index contributed by atoms with van der Waals surface area (Å²) >= 11 is 6.06. The van der Waals surface area contributed by atoms with Crippen LogP contribution in [0.25, 0.3) is 22.4 Å². The lowest BCUT2D eigenvalue weighted by molar-refractivity contribution is 0.0946. The Morgan fingerprint density at radius 3 is 2.29 bits per heavy atom. The van der Waals surface area contributed by atoms with Gasteiger partial charge in [-0.05, 0) is 81.2 Å². The summed E-state index contributed by atoms with van der Waals surface area (Å²) in [4.78, 5) is 58.3. The van der Waals surface area contributed by atoms with Crippen molar-refractivity contribution in [2.75, 3.05) is 43.4 Å². The van der Waals surface area contributed by atoms with E-state index in [2.05, 4.69) is 36.2 Å². The summed E-state index contributed by atoms with van der Waals surface area (Å²) in [5.41, 5.74) is 2.42. The van der Waals surface area contributed by atoms with Gasteiger partial charge in [-0.1, -0.05) is 36.2 Å². The molecule has 1 aliphatic rings. The van der Waals surface area contributed by atoms with Crippen LogP contribution in [0, 0.1) is 0 Å². The van der Waals surface area contributed by atoms with Crippen LogP contribution in [0.5, 0.6) is 5.75 Å². The summed E-state index contributed by atoms with van der Waals surface area (Å²) in [6.07, 6.45) is 5.96. The summed E-state index contributed by atoms with van der Waals surface area (Å²) < 4.78 is 1.22. The predicted octanol–water partition coefficient (Wildman–Crippen LogP) is 4.96. The molecule has 4 aromatic rings. The van der Waals surface area contributed by atoms with Crippen molar-refractivity contribution < 1.29 is 19.5 Å². The highest BCUT2D eigenvalue weighted by Gasteiger charge is 2.18. The molecular formula is C35H39ClN8O5. The van der Waals surface area contributed by atoms with E-state index in [0.717, 1.165) is 25.8 Å². The Hall–Kier alpha value is -5.27. The molecule has 0 spiro atoms. The molecule has 0 atom stereocenters. The first kappa shape index (κ1) is 35.0. The minimum atomic E-state index is -0.807. The van der Waals surface area contributed by atoms with Gasteiger partial charge < -0.3 is 31.3 Å². The second-order valence-electron chi connectivity index (χ2n) is 11.6. The number of aromatic hydroxyl groups is 1. The van der Waals surface area contributed by atoms with Crippen molar-refractivity contribution in [3.8, 4) is 28.1 Å². The lowest BCUT2D eigenvalue weighted by Gasteiger charge is -2.26. The van der Waals surface area contributed by atoms with E-state index < -0.39 is 11.6 Å². The number of carbonyl (C=O) groups is 3. The molecule has 4 amide bonds. The van der Waals surface area contributed by atoms with Crippen molar-refractivity contribution >= 4 is 40.8 Å². The molecular weight excluding hydrogens is 648 g/mol. The third-order valence-corrected chi connectivity index (χ3v) is 8.38. The Morgan fingerprint density at radius 1 is 0.878 bits per heavy atom. The van der Waals surface area contributed by atoms with E-state index in [-0.39, 0.29) is 40.5 Å².